The van der Waals surface area contributed by atoms with Crippen molar-refractivity contribution in [3.63, 3.8) is 0 Å². The van der Waals surface area contributed by atoms with Gasteiger partial charge in [0.05, 0.1) is 0 Å². The number of piperidine rings is 1. The molecule has 0 aliphatic carbocycles. The van der Waals surface area contributed by atoms with Gasteiger partial charge in [0.15, 0.2) is 0 Å². The highest BCUT2D eigenvalue weighted by Gasteiger charge is 2.14. The van der Waals surface area contributed by atoms with E-state index in [2.05, 4.69) is 5.32 Å². The van der Waals surface area contributed by atoms with Crippen molar-refractivity contribution in [3.8, 4) is 0 Å². The summed E-state index contributed by atoms with van der Waals surface area (Å²) in [7, 11) is 0. The molecule has 0 saturated carbocycles. The lowest BCUT2D eigenvalue weighted by atomic mass is 9.97. The third kappa shape index (κ3) is 2.62. The minimum Gasteiger partial charge on any atom is -0.476 e. The summed E-state index contributed by atoms with van der Waals surface area (Å²) in [4.78, 5) is 10.1. The lowest BCUT2D eigenvalue weighted by molar-refractivity contribution is -0.134. The molecule has 0 atom stereocenters. The van der Waals surface area contributed by atoms with Gasteiger partial charge in [-0.1, -0.05) is 0 Å². The molecule has 0 spiro atoms. The number of nitrogens with one attached hydrogen (secondary N) is 1. The van der Waals surface area contributed by atoms with Crippen LogP contribution in [0.1, 0.15) is 12.8 Å². The van der Waals surface area contributed by atoms with Crippen molar-refractivity contribution in [1.82, 2.24) is 5.32 Å². The maximum atomic E-state index is 12.6. The van der Waals surface area contributed by atoms with Crippen LogP contribution in [-0.4, -0.2) is 24.2 Å². The van der Waals surface area contributed by atoms with Crippen LogP contribution in [0.2, 0.25) is 0 Å². The van der Waals surface area contributed by atoms with E-state index in [0.29, 0.717) is 0 Å². The van der Waals surface area contributed by atoms with Gasteiger partial charge in [0.25, 0.3) is 0 Å². The van der Waals surface area contributed by atoms with Crippen molar-refractivity contribution in [2.75, 3.05) is 13.1 Å². The average molecular weight is 173 g/mol. The summed E-state index contributed by atoms with van der Waals surface area (Å²) in [6, 6.07) is 0. The van der Waals surface area contributed by atoms with Gasteiger partial charge in [0, 0.05) is 0 Å². The van der Waals surface area contributed by atoms with E-state index in [0.717, 1.165) is 25.9 Å². The van der Waals surface area contributed by atoms with E-state index in [1.54, 1.807) is 0 Å². The van der Waals surface area contributed by atoms with Crippen LogP contribution in [0, 0.1) is 5.92 Å². The van der Waals surface area contributed by atoms with Crippen LogP contribution >= 0.6 is 0 Å². The van der Waals surface area contributed by atoms with Gasteiger partial charge in [-0.05, 0) is 37.9 Å². The summed E-state index contributed by atoms with van der Waals surface area (Å²) < 4.78 is 12.6. The Hall–Kier alpha value is -0.900. The van der Waals surface area contributed by atoms with Crippen molar-refractivity contribution < 1.29 is 14.3 Å². The fourth-order valence-corrected chi connectivity index (χ4v) is 1.29. The van der Waals surface area contributed by atoms with Crippen LogP contribution in [0.5, 0.6) is 0 Å². The molecule has 1 heterocycles. The predicted molar refractivity (Wildman–Crippen MR) is 42.4 cm³/mol. The molecule has 2 N–H and O–H groups in total. The molecule has 1 aliphatic rings. The van der Waals surface area contributed by atoms with Crippen molar-refractivity contribution in [2.45, 2.75) is 12.8 Å². The van der Waals surface area contributed by atoms with E-state index in [4.69, 9.17) is 5.11 Å². The lowest BCUT2D eigenvalue weighted by Gasteiger charge is -2.18. The Morgan fingerprint density at radius 2 is 2.08 bits per heavy atom. The highest BCUT2D eigenvalue weighted by molar-refractivity contribution is 5.83. The maximum Gasteiger partial charge on any atom is 0.364 e. The molecule has 3 nitrogen and oxygen atoms in total. The summed E-state index contributed by atoms with van der Waals surface area (Å²) in [5.74, 6) is -2.40. The fraction of sp³-hybridized carbons (Fsp3) is 0.625. The third-order valence-electron chi connectivity index (χ3n) is 1.97. The predicted octanol–water partition coefficient (Wildman–Crippen LogP) is 0.924. The number of hydrogen-bond donors (Lipinski definition) is 2. The van der Waals surface area contributed by atoms with Crippen LogP contribution in [0.15, 0.2) is 11.9 Å². The molecule has 0 bridgehead atoms. The highest BCUT2D eigenvalue weighted by Crippen LogP contribution is 2.15. The second kappa shape index (κ2) is 4.21. The summed E-state index contributed by atoms with van der Waals surface area (Å²) in [5.41, 5.74) is 0. The Bertz CT molecular complexity index is 197. The van der Waals surface area contributed by atoms with Crippen LogP contribution in [-0.2, 0) is 4.79 Å². The molecular formula is C8H12FNO2. The normalized spacial score (nSPS) is 20.9. The first kappa shape index (κ1) is 9.19. The van der Waals surface area contributed by atoms with E-state index >= 15 is 0 Å². The highest BCUT2D eigenvalue weighted by atomic mass is 19.1. The molecule has 0 radical (unpaired) electrons. The Morgan fingerprint density at radius 1 is 1.50 bits per heavy atom. The zero-order chi connectivity index (χ0) is 8.97. The molecule has 12 heavy (non-hydrogen) atoms. The first-order valence-corrected chi connectivity index (χ1v) is 4.01. The number of carboxylic acids is 1. The van der Waals surface area contributed by atoms with E-state index in [9.17, 15) is 9.18 Å². The molecule has 1 saturated heterocycles. The molecule has 1 fully saturated rings. The van der Waals surface area contributed by atoms with Gasteiger partial charge in [0.1, 0.15) is 0 Å². The van der Waals surface area contributed by atoms with Crippen molar-refractivity contribution >= 4 is 5.97 Å². The number of carboxylic acid groups (broad SMARTS) is 1. The molecule has 1 rings (SSSR count). The molecule has 1 aliphatic heterocycles. The molecule has 0 aromatic heterocycles. The Morgan fingerprint density at radius 3 is 2.58 bits per heavy atom. The monoisotopic (exact) mass is 173 g/mol. The van der Waals surface area contributed by atoms with Crippen molar-refractivity contribution in [1.29, 1.82) is 0 Å². The number of aliphatic carboxylic acids is 1. The quantitative estimate of drug-likeness (QED) is 0.610. The SMILES string of the molecule is O=C(O)/C(F)=C/C1CCNCC1. The largest absolute Gasteiger partial charge is 0.476 e. The Kier molecular flexibility index (Phi) is 3.22. The second-order valence-electron chi connectivity index (χ2n) is 2.91. The summed E-state index contributed by atoms with van der Waals surface area (Å²) in [5, 5.41) is 11.4. The fourth-order valence-electron chi connectivity index (χ4n) is 1.29. The van der Waals surface area contributed by atoms with E-state index in [1.807, 2.05) is 0 Å². The molecule has 68 valence electrons. The van der Waals surface area contributed by atoms with Crippen LogP contribution < -0.4 is 5.32 Å². The van der Waals surface area contributed by atoms with Crippen LogP contribution in [0.25, 0.3) is 0 Å². The number of rotatable bonds is 2. The van der Waals surface area contributed by atoms with Crippen molar-refractivity contribution in [3.05, 3.63) is 11.9 Å². The second-order valence-corrected chi connectivity index (χ2v) is 2.91. The zero-order valence-corrected chi connectivity index (χ0v) is 6.72. The van der Waals surface area contributed by atoms with Crippen molar-refractivity contribution in [2.24, 2.45) is 5.92 Å². The first-order chi connectivity index (χ1) is 5.70. The van der Waals surface area contributed by atoms with Gasteiger partial charge in [0.2, 0.25) is 5.83 Å². The first-order valence-electron chi connectivity index (χ1n) is 4.01. The van der Waals surface area contributed by atoms with Gasteiger partial charge in [-0.3, -0.25) is 0 Å². The number of hydrogen-bond acceptors (Lipinski definition) is 2. The smallest absolute Gasteiger partial charge is 0.364 e. The Balaban J connectivity index is 2.47. The van der Waals surface area contributed by atoms with Gasteiger partial charge in [-0.2, -0.15) is 4.39 Å². The Labute approximate surface area is 70.3 Å². The lowest BCUT2D eigenvalue weighted by Crippen LogP contribution is -2.27. The molecule has 0 aromatic carbocycles. The number of allylic oxidation sites excluding steroid dienone is 1. The van der Waals surface area contributed by atoms with Gasteiger partial charge in [-0.15, -0.1) is 0 Å². The minimum atomic E-state index is -1.46. The van der Waals surface area contributed by atoms with E-state index in [1.165, 1.54) is 6.08 Å². The average Bonchev–Trinajstić information content (AvgIpc) is 2.06. The number of halogens is 1. The summed E-state index contributed by atoms with van der Waals surface area (Å²) in [6.45, 7) is 1.68. The van der Waals surface area contributed by atoms with E-state index in [-0.39, 0.29) is 5.92 Å². The molecule has 0 unspecified atom stereocenters. The minimum absolute atomic E-state index is 0.0855. The van der Waals surface area contributed by atoms with Crippen LogP contribution in [0.3, 0.4) is 0 Å². The number of carbonyl (C=O) groups is 1. The van der Waals surface area contributed by atoms with Gasteiger partial charge in [-0.25, -0.2) is 4.79 Å². The van der Waals surface area contributed by atoms with Gasteiger partial charge < -0.3 is 10.4 Å². The van der Waals surface area contributed by atoms with E-state index < -0.39 is 11.8 Å². The van der Waals surface area contributed by atoms with Crippen LogP contribution in [0.4, 0.5) is 4.39 Å². The zero-order valence-electron chi connectivity index (χ0n) is 6.72. The standard InChI is InChI=1S/C8H12FNO2/c9-7(8(11)12)5-6-1-3-10-4-2-6/h5-6,10H,1-4H2,(H,11,12)/b7-5-. The summed E-state index contributed by atoms with van der Waals surface area (Å²) in [6.07, 6.45) is 2.85. The van der Waals surface area contributed by atoms with Gasteiger partial charge >= 0.3 is 5.97 Å². The molecule has 0 amide bonds. The molecular weight excluding hydrogens is 161 g/mol. The summed E-state index contributed by atoms with van der Waals surface area (Å²) >= 11 is 0. The molecule has 0 aromatic rings. The maximum absolute atomic E-state index is 12.6. The molecule has 4 heteroatoms. The topological polar surface area (TPSA) is 49.3 Å². The third-order valence-corrected chi connectivity index (χ3v) is 1.97.